The first kappa shape index (κ1) is 18.3. The highest BCUT2D eigenvalue weighted by Gasteiger charge is 2.30. The van der Waals surface area contributed by atoms with E-state index in [9.17, 15) is 9.59 Å². The van der Waals surface area contributed by atoms with Gasteiger partial charge in [0.15, 0.2) is 0 Å². The van der Waals surface area contributed by atoms with Crippen molar-refractivity contribution in [3.05, 3.63) is 36.0 Å². The molecule has 3 rings (SSSR count). The van der Waals surface area contributed by atoms with Crippen molar-refractivity contribution in [3.8, 4) is 0 Å². The molecule has 1 atom stereocenters. The number of nitrogens with one attached hydrogen (secondary N) is 1. The van der Waals surface area contributed by atoms with Crippen molar-refractivity contribution in [3.63, 3.8) is 0 Å². The summed E-state index contributed by atoms with van der Waals surface area (Å²) < 4.78 is 2.24. The second-order valence-corrected chi connectivity index (χ2v) is 7.11. The van der Waals surface area contributed by atoms with Crippen molar-refractivity contribution in [1.82, 2.24) is 19.7 Å². The minimum atomic E-state index is -0.115. The van der Waals surface area contributed by atoms with Gasteiger partial charge >= 0.3 is 6.03 Å². The number of aromatic nitrogens is 1. The van der Waals surface area contributed by atoms with E-state index in [1.165, 1.54) is 16.6 Å². The number of hydrogen-bond donors (Lipinski definition) is 1. The average molecular weight is 356 g/mol. The van der Waals surface area contributed by atoms with Crippen LogP contribution in [0.4, 0.5) is 4.79 Å². The Morgan fingerprint density at radius 1 is 1.31 bits per heavy atom. The number of likely N-dealkylation sites (tertiary alicyclic amines) is 1. The molecule has 2 heterocycles. The Morgan fingerprint density at radius 2 is 2.08 bits per heavy atom. The quantitative estimate of drug-likeness (QED) is 0.865. The second kappa shape index (κ2) is 7.81. The molecule has 0 unspecified atom stereocenters. The van der Waals surface area contributed by atoms with Crippen LogP contribution in [0.5, 0.6) is 0 Å². The van der Waals surface area contributed by atoms with Gasteiger partial charge in [0.25, 0.3) is 0 Å². The standard InChI is InChI=1S/C20H28N4O2/c1-4-9-23-14-17(13-19(23)25)21-20(26)22(3)10-11-24-15(2)12-16-7-5-6-8-18(16)24/h5-8,12,17H,4,9-11,13-14H2,1-3H3,(H,21,26)/t17-/m1/s1. The summed E-state index contributed by atoms with van der Waals surface area (Å²) in [6.07, 6.45) is 1.34. The number of likely N-dealkylation sites (N-methyl/N-ethyl adjacent to an activating group) is 1. The summed E-state index contributed by atoms with van der Waals surface area (Å²) in [4.78, 5) is 27.9. The first-order valence-corrected chi connectivity index (χ1v) is 9.34. The molecular formula is C20H28N4O2. The first-order valence-electron chi connectivity index (χ1n) is 9.34. The average Bonchev–Trinajstić information content (AvgIpc) is 3.12. The van der Waals surface area contributed by atoms with Gasteiger partial charge in [0.2, 0.25) is 5.91 Å². The molecule has 1 aliphatic rings. The van der Waals surface area contributed by atoms with Crippen LogP contribution in [-0.4, -0.2) is 59.0 Å². The molecule has 3 amide bonds. The summed E-state index contributed by atoms with van der Waals surface area (Å²) in [6, 6.07) is 10.3. The van der Waals surface area contributed by atoms with Crippen LogP contribution in [0.25, 0.3) is 10.9 Å². The Morgan fingerprint density at radius 3 is 2.85 bits per heavy atom. The summed E-state index contributed by atoms with van der Waals surface area (Å²) >= 11 is 0. The summed E-state index contributed by atoms with van der Waals surface area (Å²) in [5.74, 6) is 0.134. The van der Waals surface area contributed by atoms with Crippen molar-refractivity contribution in [2.45, 2.75) is 39.3 Å². The monoisotopic (exact) mass is 356 g/mol. The van der Waals surface area contributed by atoms with E-state index >= 15 is 0 Å². The predicted octanol–water partition coefficient (Wildman–Crippen LogP) is 2.60. The van der Waals surface area contributed by atoms with Crippen LogP contribution in [0, 0.1) is 6.92 Å². The molecule has 0 saturated carbocycles. The van der Waals surface area contributed by atoms with E-state index in [1.54, 1.807) is 11.9 Å². The summed E-state index contributed by atoms with van der Waals surface area (Å²) in [5, 5.41) is 4.21. The Balaban J connectivity index is 1.55. The number of rotatable bonds is 6. The number of nitrogens with zero attached hydrogens (tertiary/aromatic N) is 3. The summed E-state index contributed by atoms with van der Waals surface area (Å²) in [7, 11) is 1.80. The SMILES string of the molecule is CCCN1C[C@H](NC(=O)N(C)CCn2c(C)cc3ccccc32)CC1=O. The van der Waals surface area contributed by atoms with Crippen molar-refractivity contribution in [2.75, 3.05) is 26.7 Å². The Bertz CT molecular complexity index is 798. The molecule has 1 aromatic carbocycles. The van der Waals surface area contributed by atoms with Crippen molar-refractivity contribution in [2.24, 2.45) is 0 Å². The number of hydrogen-bond acceptors (Lipinski definition) is 2. The lowest BCUT2D eigenvalue weighted by Gasteiger charge is -2.22. The van der Waals surface area contributed by atoms with Gasteiger partial charge in [0.05, 0.1) is 6.04 Å². The zero-order chi connectivity index (χ0) is 18.7. The molecule has 0 radical (unpaired) electrons. The maximum atomic E-state index is 12.5. The highest BCUT2D eigenvalue weighted by atomic mass is 16.2. The first-order chi connectivity index (χ1) is 12.5. The van der Waals surface area contributed by atoms with Crippen molar-refractivity contribution < 1.29 is 9.59 Å². The maximum absolute atomic E-state index is 12.5. The summed E-state index contributed by atoms with van der Waals surface area (Å²) in [5.41, 5.74) is 2.38. The van der Waals surface area contributed by atoms with Crippen LogP contribution < -0.4 is 5.32 Å². The number of fused-ring (bicyclic) bond motifs is 1. The van der Waals surface area contributed by atoms with Gasteiger partial charge in [-0.25, -0.2) is 4.79 Å². The Labute approximate surface area is 154 Å². The topological polar surface area (TPSA) is 57.6 Å². The smallest absolute Gasteiger partial charge is 0.317 e. The van der Waals surface area contributed by atoms with E-state index < -0.39 is 0 Å². The van der Waals surface area contributed by atoms with Crippen LogP contribution in [-0.2, 0) is 11.3 Å². The van der Waals surface area contributed by atoms with Gasteiger partial charge in [-0.2, -0.15) is 0 Å². The molecule has 6 nitrogen and oxygen atoms in total. The number of urea groups is 1. The van der Waals surface area contributed by atoms with Crippen LogP contribution in [0.15, 0.2) is 30.3 Å². The molecule has 0 bridgehead atoms. The fraction of sp³-hybridized carbons (Fsp3) is 0.500. The molecule has 2 aromatic rings. The number of carbonyl (C=O) groups excluding carboxylic acids is 2. The number of benzene rings is 1. The molecule has 1 aliphatic heterocycles. The summed E-state index contributed by atoms with van der Waals surface area (Å²) in [6.45, 7) is 6.89. The van der Waals surface area contributed by atoms with E-state index in [1.807, 2.05) is 17.0 Å². The third-order valence-electron chi connectivity index (χ3n) is 5.06. The van der Waals surface area contributed by atoms with Crippen molar-refractivity contribution in [1.29, 1.82) is 0 Å². The van der Waals surface area contributed by atoms with Gasteiger partial charge < -0.3 is 19.7 Å². The van der Waals surface area contributed by atoms with E-state index in [-0.39, 0.29) is 18.0 Å². The van der Waals surface area contributed by atoms with Gasteiger partial charge in [-0.1, -0.05) is 25.1 Å². The number of carbonyl (C=O) groups is 2. The third kappa shape index (κ3) is 3.84. The largest absolute Gasteiger partial charge is 0.343 e. The molecule has 140 valence electrons. The zero-order valence-corrected chi connectivity index (χ0v) is 15.9. The molecular weight excluding hydrogens is 328 g/mol. The van der Waals surface area contributed by atoms with E-state index in [0.717, 1.165) is 19.5 Å². The van der Waals surface area contributed by atoms with Crippen LogP contribution in [0.2, 0.25) is 0 Å². The molecule has 6 heteroatoms. The van der Waals surface area contributed by atoms with Gasteiger partial charge in [-0.05, 0) is 30.9 Å². The minimum absolute atomic E-state index is 0.0851. The zero-order valence-electron chi connectivity index (χ0n) is 15.9. The lowest BCUT2D eigenvalue weighted by Crippen LogP contribution is -2.45. The molecule has 0 aliphatic carbocycles. The molecule has 26 heavy (non-hydrogen) atoms. The highest BCUT2D eigenvalue weighted by molar-refractivity contribution is 5.82. The molecule has 1 fully saturated rings. The van der Waals surface area contributed by atoms with Crippen molar-refractivity contribution >= 4 is 22.8 Å². The number of amides is 3. The van der Waals surface area contributed by atoms with Crippen LogP contribution in [0.1, 0.15) is 25.5 Å². The normalized spacial score (nSPS) is 17.1. The molecule has 1 aromatic heterocycles. The van der Waals surface area contributed by atoms with Crippen LogP contribution >= 0.6 is 0 Å². The Hall–Kier alpha value is -2.50. The maximum Gasteiger partial charge on any atom is 0.317 e. The molecule has 1 N–H and O–H groups in total. The second-order valence-electron chi connectivity index (χ2n) is 7.11. The van der Waals surface area contributed by atoms with E-state index in [2.05, 4.69) is 41.9 Å². The Kier molecular flexibility index (Phi) is 5.49. The van der Waals surface area contributed by atoms with Gasteiger partial charge in [0.1, 0.15) is 0 Å². The third-order valence-corrected chi connectivity index (χ3v) is 5.06. The lowest BCUT2D eigenvalue weighted by molar-refractivity contribution is -0.127. The van der Waals surface area contributed by atoms with Gasteiger partial charge in [0, 0.05) is 50.9 Å². The number of para-hydroxylation sites is 1. The highest BCUT2D eigenvalue weighted by Crippen LogP contribution is 2.19. The van der Waals surface area contributed by atoms with Gasteiger partial charge in [-0.3, -0.25) is 4.79 Å². The molecule has 0 spiro atoms. The fourth-order valence-electron chi connectivity index (χ4n) is 3.64. The predicted molar refractivity (Wildman–Crippen MR) is 103 cm³/mol. The van der Waals surface area contributed by atoms with Gasteiger partial charge in [-0.15, -0.1) is 0 Å². The fourth-order valence-corrected chi connectivity index (χ4v) is 3.64. The van der Waals surface area contributed by atoms with Crippen LogP contribution in [0.3, 0.4) is 0 Å². The number of aryl methyl sites for hydroxylation is 1. The van der Waals surface area contributed by atoms with E-state index in [4.69, 9.17) is 0 Å². The lowest BCUT2D eigenvalue weighted by atomic mass is 10.2. The molecule has 1 saturated heterocycles. The minimum Gasteiger partial charge on any atom is -0.343 e. The van der Waals surface area contributed by atoms with E-state index in [0.29, 0.717) is 19.5 Å².